The van der Waals surface area contributed by atoms with E-state index in [0.717, 1.165) is 16.6 Å². The molecule has 0 atom stereocenters. The highest BCUT2D eigenvalue weighted by Crippen LogP contribution is 2.29. The van der Waals surface area contributed by atoms with Crippen molar-refractivity contribution in [3.8, 4) is 0 Å². The van der Waals surface area contributed by atoms with E-state index in [2.05, 4.69) is 27.5 Å². The minimum atomic E-state index is -0.253. The Bertz CT molecular complexity index is 659. The molecule has 21 heavy (non-hydrogen) atoms. The van der Waals surface area contributed by atoms with Gasteiger partial charge in [-0.05, 0) is 33.3 Å². The van der Waals surface area contributed by atoms with Gasteiger partial charge in [-0.3, -0.25) is 4.79 Å². The maximum atomic E-state index is 11.9. The molecule has 7 heteroatoms. The third kappa shape index (κ3) is 4.04. The van der Waals surface area contributed by atoms with Gasteiger partial charge in [0.2, 0.25) is 11.9 Å². The number of carbonyl (C=O) groups is 1. The monoisotopic (exact) mass is 307 g/mol. The van der Waals surface area contributed by atoms with Gasteiger partial charge < -0.3 is 16.4 Å². The van der Waals surface area contributed by atoms with Crippen molar-refractivity contribution < 1.29 is 4.79 Å². The molecular weight excluding hydrogens is 286 g/mol. The number of fused-ring (bicyclic) bond motifs is 1. The Kier molecular flexibility index (Phi) is 4.32. The average molecular weight is 307 g/mol. The Labute approximate surface area is 128 Å². The molecule has 4 N–H and O–H groups in total. The summed E-state index contributed by atoms with van der Waals surface area (Å²) in [5.41, 5.74) is 5.47. The van der Waals surface area contributed by atoms with Gasteiger partial charge in [0.05, 0.1) is 11.9 Å². The number of nitrogen functional groups attached to an aromatic ring is 1. The molecule has 0 unspecified atom stereocenters. The highest BCUT2D eigenvalue weighted by molar-refractivity contribution is 7.18. The van der Waals surface area contributed by atoms with Crippen LogP contribution in [0.2, 0.25) is 0 Å². The second-order valence-corrected chi connectivity index (χ2v) is 6.98. The number of nitrogens with two attached hydrogens (primary N) is 1. The molecule has 2 aromatic heterocycles. The number of hydrogen-bond acceptors (Lipinski definition) is 6. The molecule has 0 aliphatic rings. The number of anilines is 2. The molecule has 2 heterocycles. The first kappa shape index (κ1) is 15.5. The van der Waals surface area contributed by atoms with Crippen LogP contribution >= 0.6 is 11.3 Å². The number of aromatic nitrogens is 2. The summed E-state index contributed by atoms with van der Waals surface area (Å²) in [5, 5.41) is 6.86. The van der Waals surface area contributed by atoms with Gasteiger partial charge in [0, 0.05) is 10.4 Å². The number of amides is 1. The Hall–Kier alpha value is -1.89. The minimum Gasteiger partial charge on any atom is -0.368 e. The van der Waals surface area contributed by atoms with Crippen molar-refractivity contribution in [1.82, 2.24) is 15.3 Å². The van der Waals surface area contributed by atoms with E-state index < -0.39 is 0 Å². The SMILES string of the molecule is CCc1cc2c(NCC(=O)NC(C)(C)C)nc(N)nc2s1. The van der Waals surface area contributed by atoms with Gasteiger partial charge in [-0.25, -0.2) is 4.98 Å². The van der Waals surface area contributed by atoms with Gasteiger partial charge in [-0.1, -0.05) is 6.92 Å². The lowest BCUT2D eigenvalue weighted by Crippen LogP contribution is -2.43. The summed E-state index contributed by atoms with van der Waals surface area (Å²) in [7, 11) is 0. The second kappa shape index (κ2) is 5.85. The molecule has 2 rings (SSSR count). The second-order valence-electron chi connectivity index (χ2n) is 5.87. The maximum absolute atomic E-state index is 11.9. The van der Waals surface area contributed by atoms with E-state index in [1.165, 1.54) is 4.88 Å². The van der Waals surface area contributed by atoms with Crippen molar-refractivity contribution in [1.29, 1.82) is 0 Å². The van der Waals surface area contributed by atoms with Gasteiger partial charge in [0.15, 0.2) is 0 Å². The van der Waals surface area contributed by atoms with Crippen LogP contribution < -0.4 is 16.4 Å². The van der Waals surface area contributed by atoms with Crippen LogP contribution in [0.15, 0.2) is 6.07 Å². The molecule has 1 amide bonds. The number of rotatable bonds is 4. The minimum absolute atomic E-state index is 0.0845. The molecule has 0 aliphatic heterocycles. The molecule has 0 saturated heterocycles. The largest absolute Gasteiger partial charge is 0.368 e. The molecule has 0 aromatic carbocycles. The lowest BCUT2D eigenvalue weighted by atomic mass is 10.1. The van der Waals surface area contributed by atoms with Crippen LogP contribution in [0.4, 0.5) is 11.8 Å². The standard InChI is InChI=1S/C14H21N5OS/c1-5-8-6-9-11(17-13(15)18-12(9)21-8)16-7-10(20)19-14(2,3)4/h6H,5,7H2,1-4H3,(H,19,20)(H3,15,16,17,18). The smallest absolute Gasteiger partial charge is 0.239 e. The first-order chi connectivity index (χ1) is 9.78. The summed E-state index contributed by atoms with van der Waals surface area (Å²) in [6.45, 7) is 8.07. The first-order valence-electron chi connectivity index (χ1n) is 6.89. The van der Waals surface area contributed by atoms with E-state index >= 15 is 0 Å². The Morgan fingerprint density at radius 2 is 2.10 bits per heavy atom. The molecule has 0 bridgehead atoms. The summed E-state index contributed by atoms with van der Waals surface area (Å²) < 4.78 is 0. The van der Waals surface area contributed by atoms with Gasteiger partial charge in [-0.15, -0.1) is 11.3 Å². The quantitative estimate of drug-likeness (QED) is 0.805. The Balaban J connectivity index is 2.18. The zero-order valence-electron chi connectivity index (χ0n) is 12.8. The molecule has 114 valence electrons. The predicted octanol–water partition coefficient (Wildman–Crippen LogP) is 2.16. The third-order valence-corrected chi connectivity index (χ3v) is 3.91. The third-order valence-electron chi connectivity index (χ3n) is 2.74. The summed E-state index contributed by atoms with van der Waals surface area (Å²) in [5.74, 6) is 0.738. The number of aryl methyl sites for hydroxylation is 1. The van der Waals surface area contributed by atoms with Crippen LogP contribution in [0, 0.1) is 0 Å². The summed E-state index contributed by atoms with van der Waals surface area (Å²) >= 11 is 1.60. The lowest BCUT2D eigenvalue weighted by Gasteiger charge is -2.20. The highest BCUT2D eigenvalue weighted by atomic mass is 32.1. The molecule has 0 saturated carbocycles. The van der Waals surface area contributed by atoms with Crippen molar-refractivity contribution in [3.05, 3.63) is 10.9 Å². The lowest BCUT2D eigenvalue weighted by molar-refractivity contribution is -0.120. The number of carbonyl (C=O) groups excluding carboxylic acids is 1. The van der Waals surface area contributed by atoms with Crippen molar-refractivity contribution >= 4 is 39.2 Å². The number of nitrogens with zero attached hydrogens (tertiary/aromatic N) is 2. The molecule has 0 aliphatic carbocycles. The molecule has 0 radical (unpaired) electrons. The normalized spacial score (nSPS) is 11.6. The molecule has 0 spiro atoms. The number of nitrogens with one attached hydrogen (secondary N) is 2. The summed E-state index contributed by atoms with van der Waals surface area (Å²) in [6, 6.07) is 2.05. The van der Waals surface area contributed by atoms with Crippen LogP contribution in [0.25, 0.3) is 10.2 Å². The van der Waals surface area contributed by atoms with Crippen LogP contribution in [0.1, 0.15) is 32.6 Å². The van der Waals surface area contributed by atoms with Crippen molar-refractivity contribution in [3.63, 3.8) is 0 Å². The van der Waals surface area contributed by atoms with Crippen LogP contribution in [0.3, 0.4) is 0 Å². The van der Waals surface area contributed by atoms with E-state index in [1.54, 1.807) is 11.3 Å². The van der Waals surface area contributed by atoms with Crippen LogP contribution in [-0.4, -0.2) is 28.0 Å². The van der Waals surface area contributed by atoms with E-state index in [9.17, 15) is 4.79 Å². The van der Waals surface area contributed by atoms with Crippen molar-refractivity contribution in [2.45, 2.75) is 39.7 Å². The molecule has 0 fully saturated rings. The van der Waals surface area contributed by atoms with Crippen LogP contribution in [0.5, 0.6) is 0 Å². The van der Waals surface area contributed by atoms with E-state index in [1.807, 2.05) is 26.8 Å². The van der Waals surface area contributed by atoms with E-state index in [0.29, 0.717) is 5.82 Å². The predicted molar refractivity (Wildman–Crippen MR) is 87.6 cm³/mol. The Morgan fingerprint density at radius 1 is 1.38 bits per heavy atom. The fourth-order valence-corrected chi connectivity index (χ4v) is 2.90. The maximum Gasteiger partial charge on any atom is 0.239 e. The molecule has 2 aromatic rings. The number of hydrogen-bond donors (Lipinski definition) is 3. The zero-order valence-corrected chi connectivity index (χ0v) is 13.6. The highest BCUT2D eigenvalue weighted by Gasteiger charge is 2.15. The van der Waals surface area contributed by atoms with Crippen LogP contribution in [-0.2, 0) is 11.2 Å². The zero-order chi connectivity index (χ0) is 15.6. The molecule has 6 nitrogen and oxygen atoms in total. The van der Waals surface area contributed by atoms with Gasteiger partial charge in [-0.2, -0.15) is 4.98 Å². The Morgan fingerprint density at radius 3 is 2.71 bits per heavy atom. The summed E-state index contributed by atoms with van der Waals surface area (Å²) in [6.07, 6.45) is 0.935. The van der Waals surface area contributed by atoms with Gasteiger partial charge >= 0.3 is 0 Å². The van der Waals surface area contributed by atoms with E-state index in [4.69, 9.17) is 5.73 Å². The molecular formula is C14H21N5OS. The summed E-state index contributed by atoms with van der Waals surface area (Å²) in [4.78, 5) is 22.4. The van der Waals surface area contributed by atoms with Gasteiger partial charge in [0.1, 0.15) is 10.6 Å². The first-order valence-corrected chi connectivity index (χ1v) is 7.71. The van der Waals surface area contributed by atoms with Gasteiger partial charge in [0.25, 0.3) is 0 Å². The number of thiophene rings is 1. The fraction of sp³-hybridized carbons (Fsp3) is 0.500. The van der Waals surface area contributed by atoms with Crippen molar-refractivity contribution in [2.24, 2.45) is 0 Å². The van der Waals surface area contributed by atoms with E-state index in [-0.39, 0.29) is 23.9 Å². The van der Waals surface area contributed by atoms with Crippen molar-refractivity contribution in [2.75, 3.05) is 17.6 Å². The topological polar surface area (TPSA) is 92.9 Å². The average Bonchev–Trinajstić information content (AvgIpc) is 2.76. The fourth-order valence-electron chi connectivity index (χ4n) is 1.92.